The number of aromatic nitrogens is 2. The molecule has 0 bridgehead atoms. The van der Waals surface area contributed by atoms with Gasteiger partial charge in [-0.3, -0.25) is 9.59 Å². The minimum atomic E-state index is -0.267. The first kappa shape index (κ1) is 20.6. The van der Waals surface area contributed by atoms with E-state index in [1.54, 1.807) is 0 Å². The molecule has 148 valence electrons. The maximum atomic E-state index is 12.7. The summed E-state index contributed by atoms with van der Waals surface area (Å²) in [6, 6.07) is 6.05. The molecule has 7 heteroatoms. The minimum absolute atomic E-state index is 0.0414. The largest absolute Gasteiger partial charge is 0.325 e. The highest BCUT2D eigenvalue weighted by molar-refractivity contribution is 7.99. The Kier molecular flexibility index (Phi) is 6.25. The number of aryl methyl sites for hydroxylation is 4. The summed E-state index contributed by atoms with van der Waals surface area (Å²) in [5.74, 6) is 1.04. The molecule has 0 aliphatic rings. The standard InChI is InChI=1S/C21H25N3O2S2/c1-6-15-9-7-8-11(2)18(15)24-19(25)14(5)27-10-16-22-20(26)17-12(3)13(4)28-21(17)23-16/h7-9,14H,6,10H2,1-5H3,(H,24,25)(H,22,23,26)/t14-/m1/s1. The van der Waals surface area contributed by atoms with Crippen LogP contribution in [0, 0.1) is 20.8 Å². The molecule has 28 heavy (non-hydrogen) atoms. The summed E-state index contributed by atoms with van der Waals surface area (Å²) in [5.41, 5.74) is 3.98. The maximum Gasteiger partial charge on any atom is 0.259 e. The van der Waals surface area contributed by atoms with Crippen molar-refractivity contribution in [2.45, 2.75) is 52.0 Å². The van der Waals surface area contributed by atoms with Crippen molar-refractivity contribution in [3.05, 3.63) is 55.9 Å². The lowest BCUT2D eigenvalue weighted by molar-refractivity contribution is -0.115. The van der Waals surface area contributed by atoms with Gasteiger partial charge in [0.1, 0.15) is 10.7 Å². The van der Waals surface area contributed by atoms with Crippen molar-refractivity contribution >= 4 is 44.9 Å². The normalized spacial score (nSPS) is 12.3. The van der Waals surface area contributed by atoms with Crippen LogP contribution >= 0.6 is 23.1 Å². The number of nitrogens with zero attached hydrogens (tertiary/aromatic N) is 1. The molecule has 2 N–H and O–H groups in total. The summed E-state index contributed by atoms with van der Waals surface area (Å²) in [6.07, 6.45) is 0.865. The van der Waals surface area contributed by atoms with Gasteiger partial charge in [0.15, 0.2) is 0 Å². The van der Waals surface area contributed by atoms with Crippen LogP contribution in [-0.2, 0) is 17.0 Å². The smallest absolute Gasteiger partial charge is 0.259 e. The second-order valence-electron chi connectivity index (χ2n) is 6.88. The Balaban J connectivity index is 1.70. The number of benzene rings is 1. The topological polar surface area (TPSA) is 74.8 Å². The second-order valence-corrected chi connectivity index (χ2v) is 9.41. The van der Waals surface area contributed by atoms with E-state index in [1.165, 1.54) is 23.1 Å². The molecule has 0 unspecified atom stereocenters. The Labute approximate surface area is 173 Å². The molecule has 0 spiro atoms. The summed E-state index contributed by atoms with van der Waals surface area (Å²) < 4.78 is 0. The Morgan fingerprint density at radius 2 is 2.07 bits per heavy atom. The zero-order valence-electron chi connectivity index (χ0n) is 16.8. The summed E-state index contributed by atoms with van der Waals surface area (Å²) in [4.78, 5) is 34.4. The maximum absolute atomic E-state index is 12.7. The molecule has 0 saturated heterocycles. The van der Waals surface area contributed by atoms with Gasteiger partial charge in [-0.1, -0.05) is 25.1 Å². The highest BCUT2D eigenvalue weighted by Crippen LogP contribution is 2.27. The molecule has 0 fully saturated rings. The van der Waals surface area contributed by atoms with Crippen molar-refractivity contribution in [1.29, 1.82) is 0 Å². The number of H-pyrrole nitrogens is 1. The van der Waals surface area contributed by atoms with Crippen LogP contribution in [0.4, 0.5) is 5.69 Å². The quantitative estimate of drug-likeness (QED) is 0.610. The van der Waals surface area contributed by atoms with E-state index < -0.39 is 0 Å². The van der Waals surface area contributed by atoms with Crippen molar-refractivity contribution in [3.8, 4) is 0 Å². The van der Waals surface area contributed by atoms with E-state index in [4.69, 9.17) is 0 Å². The van der Waals surface area contributed by atoms with Crippen LogP contribution in [0.25, 0.3) is 10.2 Å². The second kappa shape index (κ2) is 8.49. The number of nitrogens with one attached hydrogen (secondary N) is 2. The fourth-order valence-corrected chi connectivity index (χ4v) is 4.88. The van der Waals surface area contributed by atoms with E-state index >= 15 is 0 Å². The number of anilines is 1. The molecule has 0 saturated carbocycles. The number of rotatable bonds is 6. The molecule has 0 aliphatic carbocycles. The Bertz CT molecular complexity index is 1090. The van der Waals surface area contributed by atoms with Gasteiger partial charge in [0.05, 0.1) is 16.4 Å². The first-order valence-electron chi connectivity index (χ1n) is 9.31. The third kappa shape index (κ3) is 4.15. The van der Waals surface area contributed by atoms with Gasteiger partial charge in [0.2, 0.25) is 5.91 Å². The number of hydrogen-bond donors (Lipinski definition) is 2. The van der Waals surface area contributed by atoms with Crippen LogP contribution in [0.1, 0.15) is 41.2 Å². The average Bonchev–Trinajstić information content (AvgIpc) is 2.95. The lowest BCUT2D eigenvalue weighted by Crippen LogP contribution is -2.24. The number of carbonyl (C=O) groups is 1. The zero-order chi connectivity index (χ0) is 20.4. The molecule has 1 aromatic carbocycles. The highest BCUT2D eigenvalue weighted by Gasteiger charge is 2.18. The molecule has 0 aliphatic heterocycles. The summed E-state index contributed by atoms with van der Waals surface area (Å²) >= 11 is 3.00. The van der Waals surface area contributed by atoms with Gasteiger partial charge in [-0.05, 0) is 50.8 Å². The molecular weight excluding hydrogens is 390 g/mol. The van der Waals surface area contributed by atoms with Crippen molar-refractivity contribution in [3.63, 3.8) is 0 Å². The molecule has 3 rings (SSSR count). The Morgan fingerprint density at radius 3 is 2.79 bits per heavy atom. The van der Waals surface area contributed by atoms with Crippen LogP contribution in [0.5, 0.6) is 0 Å². The number of aromatic amines is 1. The van der Waals surface area contributed by atoms with E-state index in [0.29, 0.717) is 17.0 Å². The monoisotopic (exact) mass is 415 g/mol. The molecule has 5 nitrogen and oxygen atoms in total. The lowest BCUT2D eigenvalue weighted by Gasteiger charge is -2.16. The molecule has 2 aromatic heterocycles. The van der Waals surface area contributed by atoms with Crippen LogP contribution < -0.4 is 10.9 Å². The van der Waals surface area contributed by atoms with Gasteiger partial charge in [0.25, 0.3) is 5.56 Å². The summed E-state index contributed by atoms with van der Waals surface area (Å²) in [7, 11) is 0. The number of thiophene rings is 1. The van der Waals surface area contributed by atoms with Crippen molar-refractivity contribution in [2.24, 2.45) is 0 Å². The van der Waals surface area contributed by atoms with Gasteiger partial charge in [-0.15, -0.1) is 23.1 Å². The van der Waals surface area contributed by atoms with Crippen LogP contribution in [0.3, 0.4) is 0 Å². The van der Waals surface area contributed by atoms with Crippen molar-refractivity contribution < 1.29 is 4.79 Å². The van der Waals surface area contributed by atoms with E-state index in [1.807, 2.05) is 45.9 Å². The van der Waals surface area contributed by atoms with Crippen LogP contribution in [0.2, 0.25) is 0 Å². The molecule has 3 aromatic rings. The van der Waals surface area contributed by atoms with Gasteiger partial charge in [-0.25, -0.2) is 4.98 Å². The molecule has 1 amide bonds. The van der Waals surface area contributed by atoms with E-state index in [-0.39, 0.29) is 16.7 Å². The average molecular weight is 416 g/mol. The fraction of sp³-hybridized carbons (Fsp3) is 0.381. The van der Waals surface area contributed by atoms with Crippen molar-refractivity contribution in [1.82, 2.24) is 9.97 Å². The number of carbonyl (C=O) groups excluding carboxylic acids is 1. The SMILES string of the molecule is CCc1cccc(C)c1NC(=O)[C@@H](C)SCc1nc2sc(C)c(C)c2c(=O)[nH]1. The third-order valence-electron chi connectivity index (χ3n) is 4.92. The number of amides is 1. The number of thioether (sulfide) groups is 1. The first-order valence-corrected chi connectivity index (χ1v) is 11.2. The predicted octanol–water partition coefficient (Wildman–Crippen LogP) is 4.73. The van der Waals surface area contributed by atoms with E-state index in [2.05, 4.69) is 22.2 Å². The third-order valence-corrected chi connectivity index (χ3v) is 7.17. The predicted molar refractivity (Wildman–Crippen MR) is 120 cm³/mol. The number of fused-ring (bicyclic) bond motifs is 1. The lowest BCUT2D eigenvalue weighted by atomic mass is 10.1. The van der Waals surface area contributed by atoms with Gasteiger partial charge >= 0.3 is 0 Å². The first-order chi connectivity index (χ1) is 13.3. The van der Waals surface area contributed by atoms with Gasteiger partial charge in [0, 0.05) is 10.6 Å². The highest BCUT2D eigenvalue weighted by atomic mass is 32.2. The van der Waals surface area contributed by atoms with Crippen molar-refractivity contribution in [2.75, 3.05) is 5.32 Å². The van der Waals surface area contributed by atoms with Crippen LogP contribution in [-0.4, -0.2) is 21.1 Å². The Hall–Kier alpha value is -2.12. The molecule has 2 heterocycles. The van der Waals surface area contributed by atoms with Gasteiger partial charge in [-0.2, -0.15) is 0 Å². The molecule has 0 radical (unpaired) electrons. The summed E-state index contributed by atoms with van der Waals surface area (Å²) in [5, 5.41) is 3.48. The Morgan fingerprint density at radius 1 is 1.32 bits per heavy atom. The molecule has 1 atom stereocenters. The van der Waals surface area contributed by atoms with Gasteiger partial charge < -0.3 is 10.3 Å². The minimum Gasteiger partial charge on any atom is -0.325 e. The summed E-state index contributed by atoms with van der Waals surface area (Å²) in [6.45, 7) is 9.90. The number of hydrogen-bond acceptors (Lipinski definition) is 5. The van der Waals surface area contributed by atoms with E-state index in [9.17, 15) is 9.59 Å². The zero-order valence-corrected chi connectivity index (χ0v) is 18.4. The van der Waals surface area contributed by atoms with Crippen LogP contribution in [0.15, 0.2) is 23.0 Å². The fourth-order valence-electron chi connectivity index (χ4n) is 3.07. The van der Waals surface area contributed by atoms with E-state index in [0.717, 1.165) is 38.5 Å². The molecular formula is C21H25N3O2S2. The number of para-hydroxylation sites is 1.